The highest BCUT2D eigenvalue weighted by molar-refractivity contribution is 7.84. The number of halogens is 5. The minimum Gasteiger partial charge on any atom is -0.508 e. The summed E-state index contributed by atoms with van der Waals surface area (Å²) in [6.07, 6.45) is 5.97. The lowest BCUT2D eigenvalue weighted by molar-refractivity contribution is -0.284. The molecule has 0 spiro atoms. The molecular formula is C32H47F5O3S. The van der Waals surface area contributed by atoms with Crippen LogP contribution in [0.25, 0.3) is 0 Å². The Morgan fingerprint density at radius 1 is 0.927 bits per heavy atom. The first-order chi connectivity index (χ1) is 19.3. The third-order valence-electron chi connectivity index (χ3n) is 10.6. The minimum absolute atomic E-state index is 0.0195. The number of unbranched alkanes of at least 4 members (excludes halogenated alkanes) is 6. The number of alkyl halides is 5. The van der Waals surface area contributed by atoms with E-state index in [0.717, 1.165) is 77.0 Å². The van der Waals surface area contributed by atoms with Gasteiger partial charge in [0.15, 0.2) is 0 Å². The second kappa shape index (κ2) is 13.6. The third kappa shape index (κ3) is 7.66. The average Bonchev–Trinajstić information content (AvgIpc) is 3.20. The number of hydrogen-bond donors (Lipinski definition) is 2. The molecule has 0 amide bonds. The summed E-state index contributed by atoms with van der Waals surface area (Å²) in [5.74, 6) is -1.91. The molecule has 3 nitrogen and oxygen atoms in total. The Hall–Kier alpha value is -1.22. The van der Waals surface area contributed by atoms with Crippen LogP contribution in [0.1, 0.15) is 114 Å². The number of rotatable bonds is 14. The van der Waals surface area contributed by atoms with Gasteiger partial charge in [-0.15, -0.1) is 0 Å². The van der Waals surface area contributed by atoms with Gasteiger partial charge in [0.1, 0.15) is 5.75 Å². The van der Waals surface area contributed by atoms with E-state index in [4.69, 9.17) is 0 Å². The molecule has 0 aromatic heterocycles. The zero-order valence-electron chi connectivity index (χ0n) is 24.2. The molecule has 0 heterocycles. The molecule has 1 aromatic rings. The zero-order chi connectivity index (χ0) is 29.8. The van der Waals surface area contributed by atoms with E-state index in [1.165, 1.54) is 11.1 Å². The first-order valence-corrected chi connectivity index (χ1v) is 17.1. The summed E-state index contributed by atoms with van der Waals surface area (Å²) in [6, 6.07) is 5.92. The number of aliphatic hydroxyl groups is 1. The van der Waals surface area contributed by atoms with E-state index in [1.807, 2.05) is 12.1 Å². The standard InChI is InChI=1S/C32H47F5O3S/c1-30-17-15-26-25-12-11-24(38)21-23(25)20-22(29(26)27(30)13-14-28(30)39)10-7-5-3-2-4-6-8-18-41(40)19-9-16-31(33,34)32(35,36)37/h11-12,21-22,26-29,38-39H,2-10,13-20H2,1H3/t22-,26-,27+,28?,29+,30-,41-/m1/s1. The molecule has 1 unspecified atom stereocenters. The van der Waals surface area contributed by atoms with Crippen LogP contribution in [0.3, 0.4) is 0 Å². The highest BCUT2D eigenvalue weighted by Crippen LogP contribution is 2.62. The highest BCUT2D eigenvalue weighted by Gasteiger charge is 2.57. The second-order valence-electron chi connectivity index (χ2n) is 13.2. The van der Waals surface area contributed by atoms with E-state index in [2.05, 4.69) is 13.0 Å². The molecule has 2 saturated carbocycles. The summed E-state index contributed by atoms with van der Waals surface area (Å²) in [7, 11) is -1.35. The van der Waals surface area contributed by atoms with E-state index in [1.54, 1.807) is 0 Å². The number of aromatic hydroxyl groups is 1. The number of phenols is 1. The van der Waals surface area contributed by atoms with Gasteiger partial charge in [-0.1, -0.05) is 51.5 Å². The van der Waals surface area contributed by atoms with E-state index in [9.17, 15) is 36.4 Å². The predicted molar refractivity (Wildman–Crippen MR) is 153 cm³/mol. The number of aliphatic hydroxyl groups excluding tert-OH is 1. The van der Waals surface area contributed by atoms with Crippen molar-refractivity contribution < 1.29 is 36.4 Å². The van der Waals surface area contributed by atoms with Crippen molar-refractivity contribution in [3.8, 4) is 5.75 Å². The van der Waals surface area contributed by atoms with Crippen molar-refractivity contribution in [2.45, 2.75) is 127 Å². The van der Waals surface area contributed by atoms with Gasteiger partial charge in [0.05, 0.1) is 6.10 Å². The third-order valence-corrected chi connectivity index (χ3v) is 12.0. The number of hydrogen-bond acceptors (Lipinski definition) is 3. The summed E-state index contributed by atoms with van der Waals surface area (Å²) in [5, 5.41) is 21.0. The highest BCUT2D eigenvalue weighted by atomic mass is 32.2. The van der Waals surface area contributed by atoms with Crippen LogP contribution >= 0.6 is 0 Å². The van der Waals surface area contributed by atoms with Crippen LogP contribution in [0.5, 0.6) is 5.75 Å². The van der Waals surface area contributed by atoms with Crippen LogP contribution in [-0.2, 0) is 17.2 Å². The fourth-order valence-electron chi connectivity index (χ4n) is 8.28. The van der Waals surface area contributed by atoms with Gasteiger partial charge in [-0.05, 0) is 104 Å². The van der Waals surface area contributed by atoms with Gasteiger partial charge >= 0.3 is 12.1 Å². The lowest BCUT2D eigenvalue weighted by atomic mass is 9.52. The molecule has 41 heavy (non-hydrogen) atoms. The molecule has 9 heteroatoms. The normalized spacial score (nSPS) is 30.5. The molecule has 3 aliphatic rings. The summed E-state index contributed by atoms with van der Waals surface area (Å²) in [5.41, 5.74) is 2.73. The number of phenolic OH excluding ortho intramolecular Hbond substituents is 1. The molecule has 2 fully saturated rings. The van der Waals surface area contributed by atoms with Crippen LogP contribution in [-0.4, -0.2) is 44.1 Å². The molecule has 0 aliphatic heterocycles. The monoisotopic (exact) mass is 606 g/mol. The smallest absolute Gasteiger partial charge is 0.453 e. The van der Waals surface area contributed by atoms with Crippen LogP contribution in [0.15, 0.2) is 18.2 Å². The number of benzene rings is 1. The fourth-order valence-corrected chi connectivity index (χ4v) is 9.48. The Bertz CT molecular complexity index is 1030. The molecule has 0 saturated heterocycles. The predicted octanol–water partition coefficient (Wildman–Crippen LogP) is 8.68. The van der Waals surface area contributed by atoms with E-state index >= 15 is 0 Å². The molecule has 4 rings (SSSR count). The average molecular weight is 607 g/mol. The van der Waals surface area contributed by atoms with E-state index in [-0.39, 0.29) is 17.3 Å². The quantitative estimate of drug-likeness (QED) is 0.165. The van der Waals surface area contributed by atoms with Gasteiger partial charge in [-0.2, -0.15) is 22.0 Å². The van der Waals surface area contributed by atoms with E-state index < -0.39 is 35.7 Å². The molecule has 0 radical (unpaired) electrons. The first-order valence-electron chi connectivity index (χ1n) is 15.6. The van der Waals surface area contributed by atoms with Gasteiger partial charge in [-0.3, -0.25) is 4.21 Å². The lowest BCUT2D eigenvalue weighted by Crippen LogP contribution is -2.47. The first kappa shape index (κ1) is 32.7. The SMILES string of the molecule is C[C@@]12CC[C@@H]3c4ccc(O)cc4C[C@@H](CCCCCCCCC[S@@](=O)CCCC(F)(F)C(F)(F)F)[C@@H]3[C@@H]1CCC2O. The lowest BCUT2D eigenvalue weighted by Gasteiger charge is -2.53. The molecule has 234 valence electrons. The Kier molecular flexibility index (Phi) is 10.8. The van der Waals surface area contributed by atoms with Crippen molar-refractivity contribution in [2.24, 2.45) is 23.2 Å². The maximum atomic E-state index is 13.0. The van der Waals surface area contributed by atoms with Gasteiger partial charge in [0.25, 0.3) is 0 Å². The van der Waals surface area contributed by atoms with Crippen LogP contribution < -0.4 is 0 Å². The summed E-state index contributed by atoms with van der Waals surface area (Å²) in [4.78, 5) is 0. The molecule has 1 aromatic carbocycles. The Balaban J connectivity index is 1.15. The zero-order valence-corrected chi connectivity index (χ0v) is 25.1. The Morgan fingerprint density at radius 2 is 1.59 bits per heavy atom. The summed E-state index contributed by atoms with van der Waals surface area (Å²) >= 11 is 0. The molecule has 2 N–H and O–H groups in total. The minimum atomic E-state index is -5.54. The van der Waals surface area contributed by atoms with Crippen molar-refractivity contribution in [1.82, 2.24) is 0 Å². The van der Waals surface area contributed by atoms with Crippen LogP contribution in [0, 0.1) is 23.2 Å². The van der Waals surface area contributed by atoms with Crippen molar-refractivity contribution in [1.29, 1.82) is 0 Å². The van der Waals surface area contributed by atoms with Gasteiger partial charge in [0.2, 0.25) is 0 Å². The molecule has 3 aliphatic carbocycles. The van der Waals surface area contributed by atoms with Crippen molar-refractivity contribution in [2.75, 3.05) is 11.5 Å². The number of fused-ring (bicyclic) bond motifs is 5. The summed E-state index contributed by atoms with van der Waals surface area (Å²) < 4.78 is 74.5. The van der Waals surface area contributed by atoms with Gasteiger partial charge in [-0.25, -0.2) is 0 Å². The van der Waals surface area contributed by atoms with Crippen molar-refractivity contribution in [3.05, 3.63) is 29.3 Å². The van der Waals surface area contributed by atoms with Gasteiger partial charge < -0.3 is 10.2 Å². The van der Waals surface area contributed by atoms with Crippen molar-refractivity contribution >= 4 is 10.8 Å². The van der Waals surface area contributed by atoms with Crippen LogP contribution in [0.2, 0.25) is 0 Å². The largest absolute Gasteiger partial charge is 0.508 e. The van der Waals surface area contributed by atoms with Crippen LogP contribution in [0.4, 0.5) is 22.0 Å². The van der Waals surface area contributed by atoms with Crippen molar-refractivity contribution in [3.63, 3.8) is 0 Å². The van der Waals surface area contributed by atoms with E-state index in [0.29, 0.717) is 41.6 Å². The maximum absolute atomic E-state index is 13.0. The molecular weight excluding hydrogens is 559 g/mol. The topological polar surface area (TPSA) is 57.5 Å². The second-order valence-corrected chi connectivity index (χ2v) is 14.9. The molecule has 7 atom stereocenters. The Morgan fingerprint density at radius 3 is 2.29 bits per heavy atom. The van der Waals surface area contributed by atoms with Gasteiger partial charge in [0, 0.05) is 28.7 Å². The molecule has 0 bridgehead atoms. The Labute approximate surface area is 244 Å². The fraction of sp³-hybridized carbons (Fsp3) is 0.812. The maximum Gasteiger partial charge on any atom is 0.453 e. The summed E-state index contributed by atoms with van der Waals surface area (Å²) in [6.45, 7) is 2.30.